The summed E-state index contributed by atoms with van der Waals surface area (Å²) < 4.78 is 0. The summed E-state index contributed by atoms with van der Waals surface area (Å²) in [5, 5.41) is 12.2. The maximum atomic E-state index is 9.49. The van der Waals surface area contributed by atoms with Crippen molar-refractivity contribution in [1.82, 2.24) is 0 Å². The second-order valence-corrected chi connectivity index (χ2v) is 10.5. The van der Waals surface area contributed by atoms with E-state index in [9.17, 15) is 9.90 Å². The van der Waals surface area contributed by atoms with Crippen molar-refractivity contribution in [2.45, 2.75) is 34.5 Å². The van der Waals surface area contributed by atoms with Crippen LogP contribution >= 0.6 is 69.6 Å². The molecule has 0 amide bonds. The number of halogens is 6. The monoisotopic (exact) mass is 554 g/mol. The molecule has 0 aromatic heterocycles. The normalized spacial score (nSPS) is 10.6. The van der Waals surface area contributed by atoms with E-state index >= 15 is 0 Å². The molecule has 0 bridgehead atoms. The molecular formula is C22H16Cl6O2S. The topological polar surface area (TPSA) is 40.1 Å². The van der Waals surface area contributed by atoms with E-state index in [-0.39, 0.29) is 6.42 Å². The van der Waals surface area contributed by atoms with Crippen molar-refractivity contribution in [2.75, 3.05) is 0 Å². The van der Waals surface area contributed by atoms with Crippen LogP contribution in [-0.2, 0) is 15.7 Å². The fourth-order valence-corrected chi connectivity index (χ4v) is 7.23. The first-order valence-corrected chi connectivity index (χ1v) is 12.4. The molecule has 0 radical (unpaired) electrons. The highest BCUT2D eigenvalue weighted by Gasteiger charge is 2.38. The Hall–Kier alpha value is -0.780. The molecule has 0 saturated heterocycles. The van der Waals surface area contributed by atoms with Crippen molar-refractivity contribution in [1.29, 1.82) is 0 Å². The summed E-state index contributed by atoms with van der Waals surface area (Å²) in [6.07, 6.45) is 0.850. The number of rotatable bonds is 5. The molecule has 31 heavy (non-hydrogen) atoms. The van der Waals surface area contributed by atoms with Crippen LogP contribution in [0.2, 0.25) is 30.1 Å². The number of aliphatic carboxylic acids is 1. The van der Waals surface area contributed by atoms with Gasteiger partial charge in [-0.15, -0.1) is 0 Å². The van der Waals surface area contributed by atoms with Gasteiger partial charge in [-0.25, -0.2) is 0 Å². The van der Waals surface area contributed by atoms with Gasteiger partial charge in [0.25, 0.3) is 0 Å². The van der Waals surface area contributed by atoms with E-state index in [0.29, 0.717) is 46.3 Å². The SMILES string of the molecule is CCCC(=O)[O-].Clc1cc(Cl)c([S+](c2ccccc2)c2c(Cl)cc(Cl)cc2Cl)c(Cl)c1. The Balaban J connectivity index is 0.000000501. The fourth-order valence-electron chi connectivity index (χ4n) is 2.55. The van der Waals surface area contributed by atoms with E-state index in [0.717, 1.165) is 4.90 Å². The van der Waals surface area contributed by atoms with Gasteiger partial charge in [0.05, 0.1) is 20.1 Å². The third kappa shape index (κ3) is 7.36. The predicted molar refractivity (Wildman–Crippen MR) is 131 cm³/mol. The standard InChI is InChI=1S/C18H9Cl6S.C4H8O2/c19-10-6-13(21)17(14(22)7-10)25(12-4-2-1-3-5-12)18-15(23)8-11(20)9-16(18)24;1-2-3-4(5)6/h1-9H;2-3H2,1H3,(H,5,6)/q+1;/p-1. The average Bonchev–Trinajstić information content (AvgIpc) is 2.66. The highest BCUT2D eigenvalue weighted by atomic mass is 35.5. The molecule has 0 aliphatic rings. The molecule has 0 heterocycles. The average molecular weight is 557 g/mol. The third-order valence-electron chi connectivity index (χ3n) is 3.77. The molecular weight excluding hydrogens is 541 g/mol. The lowest BCUT2D eigenvalue weighted by molar-refractivity contribution is -0.305. The summed E-state index contributed by atoms with van der Waals surface area (Å²) in [4.78, 5) is 11.9. The first-order valence-electron chi connectivity index (χ1n) is 8.94. The van der Waals surface area contributed by atoms with Gasteiger partial charge in [-0.3, -0.25) is 0 Å². The van der Waals surface area contributed by atoms with Crippen molar-refractivity contribution in [3.8, 4) is 0 Å². The molecule has 0 unspecified atom stereocenters. The van der Waals surface area contributed by atoms with Crippen LogP contribution in [-0.4, -0.2) is 5.97 Å². The quantitative estimate of drug-likeness (QED) is 0.297. The zero-order chi connectivity index (χ0) is 23.1. The molecule has 164 valence electrons. The number of benzene rings is 3. The molecule has 0 fully saturated rings. The molecule has 0 N–H and O–H groups in total. The van der Waals surface area contributed by atoms with Crippen LogP contribution in [0.3, 0.4) is 0 Å². The number of carbonyl (C=O) groups excluding carboxylic acids is 1. The maximum absolute atomic E-state index is 9.49. The Morgan fingerprint density at radius 3 is 1.45 bits per heavy atom. The number of carboxylic acids is 1. The van der Waals surface area contributed by atoms with Gasteiger partial charge in [0.2, 0.25) is 9.79 Å². The predicted octanol–water partition coefficient (Wildman–Crippen LogP) is 8.24. The van der Waals surface area contributed by atoms with E-state index < -0.39 is 16.9 Å². The van der Waals surface area contributed by atoms with Gasteiger partial charge < -0.3 is 9.90 Å². The van der Waals surface area contributed by atoms with Crippen LogP contribution < -0.4 is 5.11 Å². The molecule has 0 spiro atoms. The summed E-state index contributed by atoms with van der Waals surface area (Å²) in [5.41, 5.74) is 0. The van der Waals surface area contributed by atoms with Crippen LogP contribution in [0, 0.1) is 0 Å². The zero-order valence-electron chi connectivity index (χ0n) is 16.1. The largest absolute Gasteiger partial charge is 0.550 e. The van der Waals surface area contributed by atoms with Gasteiger partial charge in [-0.05, 0) is 42.8 Å². The Labute approximate surface area is 214 Å². The highest BCUT2D eigenvalue weighted by molar-refractivity contribution is 7.97. The van der Waals surface area contributed by atoms with Gasteiger partial charge in [0.15, 0.2) is 4.90 Å². The van der Waals surface area contributed by atoms with E-state index in [2.05, 4.69) is 0 Å². The molecule has 9 heteroatoms. The molecule has 0 aliphatic heterocycles. The van der Waals surface area contributed by atoms with Crippen LogP contribution in [0.1, 0.15) is 19.8 Å². The fraction of sp³-hybridized carbons (Fsp3) is 0.136. The first kappa shape index (κ1) is 26.5. The molecule has 0 aliphatic carbocycles. The number of carboxylic acid groups (broad SMARTS) is 1. The second kappa shape index (κ2) is 12.5. The van der Waals surface area contributed by atoms with Gasteiger partial charge in [0, 0.05) is 16.0 Å². The van der Waals surface area contributed by atoms with E-state index in [1.807, 2.05) is 30.3 Å². The minimum Gasteiger partial charge on any atom is -0.550 e. The van der Waals surface area contributed by atoms with Gasteiger partial charge in [0.1, 0.15) is 10.9 Å². The van der Waals surface area contributed by atoms with Gasteiger partial charge in [-0.1, -0.05) is 101 Å². The first-order chi connectivity index (χ1) is 14.6. The van der Waals surface area contributed by atoms with Gasteiger partial charge >= 0.3 is 0 Å². The third-order valence-corrected chi connectivity index (χ3v) is 8.28. The summed E-state index contributed by atoms with van der Waals surface area (Å²) in [7, 11) is -0.723. The Bertz CT molecular complexity index is 956. The van der Waals surface area contributed by atoms with Crippen molar-refractivity contribution >= 4 is 86.5 Å². The lowest BCUT2D eigenvalue weighted by Gasteiger charge is -2.13. The van der Waals surface area contributed by atoms with Crippen LogP contribution in [0.4, 0.5) is 0 Å². The van der Waals surface area contributed by atoms with E-state index in [1.54, 1.807) is 31.2 Å². The van der Waals surface area contributed by atoms with Crippen LogP contribution in [0.5, 0.6) is 0 Å². The number of hydrogen-bond donors (Lipinski definition) is 0. The van der Waals surface area contributed by atoms with E-state index in [1.165, 1.54) is 0 Å². The Kier molecular flexibility index (Phi) is 10.6. The molecule has 0 saturated carbocycles. The lowest BCUT2D eigenvalue weighted by atomic mass is 10.3. The summed E-state index contributed by atoms with van der Waals surface area (Å²) in [5.74, 6) is -0.961. The van der Waals surface area contributed by atoms with Crippen molar-refractivity contribution in [3.05, 3.63) is 84.7 Å². The minimum absolute atomic E-state index is 0.181. The highest BCUT2D eigenvalue weighted by Crippen LogP contribution is 2.46. The van der Waals surface area contributed by atoms with Gasteiger partial charge in [-0.2, -0.15) is 0 Å². The molecule has 0 atom stereocenters. The summed E-state index contributed by atoms with van der Waals surface area (Å²) in [6.45, 7) is 1.80. The molecule has 3 aromatic carbocycles. The minimum atomic E-state index is -0.961. The Morgan fingerprint density at radius 1 is 0.774 bits per heavy atom. The number of hydrogen-bond acceptors (Lipinski definition) is 2. The van der Waals surface area contributed by atoms with Crippen molar-refractivity contribution < 1.29 is 9.90 Å². The number of carbonyl (C=O) groups is 1. The van der Waals surface area contributed by atoms with Crippen molar-refractivity contribution in [2.24, 2.45) is 0 Å². The molecule has 2 nitrogen and oxygen atoms in total. The van der Waals surface area contributed by atoms with Crippen LogP contribution in [0.15, 0.2) is 69.3 Å². The Morgan fingerprint density at radius 2 is 1.16 bits per heavy atom. The lowest BCUT2D eigenvalue weighted by Crippen LogP contribution is -2.20. The van der Waals surface area contributed by atoms with Crippen molar-refractivity contribution in [3.63, 3.8) is 0 Å². The van der Waals surface area contributed by atoms with Crippen LogP contribution in [0.25, 0.3) is 0 Å². The summed E-state index contributed by atoms with van der Waals surface area (Å²) in [6, 6.07) is 16.4. The maximum Gasteiger partial charge on any atom is 0.203 e. The smallest absolute Gasteiger partial charge is 0.203 e. The zero-order valence-corrected chi connectivity index (χ0v) is 21.5. The molecule has 3 rings (SSSR count). The second-order valence-electron chi connectivity index (χ2n) is 6.14. The molecule has 3 aromatic rings. The summed E-state index contributed by atoms with van der Waals surface area (Å²) >= 11 is 38.1. The van der Waals surface area contributed by atoms with E-state index in [4.69, 9.17) is 69.6 Å².